The Morgan fingerprint density at radius 2 is 1.74 bits per heavy atom. The monoisotopic (exact) mass is 436 g/mol. The number of hydrogen-bond acceptors (Lipinski definition) is 5. The topological polar surface area (TPSA) is 42.0 Å². The number of thiophene rings is 1. The molecule has 3 aromatic rings. The molecule has 1 amide bonds. The van der Waals surface area contributed by atoms with Gasteiger partial charge < -0.3 is 14.4 Å². The molecule has 1 aromatic heterocycles. The highest BCUT2D eigenvalue weighted by Crippen LogP contribution is 2.34. The highest BCUT2D eigenvalue weighted by Gasteiger charge is 2.30. The average Bonchev–Trinajstić information content (AvgIpc) is 3.34. The first-order chi connectivity index (χ1) is 15.2. The second kappa shape index (κ2) is 9.98. The first kappa shape index (κ1) is 21.4. The minimum atomic E-state index is 0.0181. The number of amides is 1. The molecule has 0 bridgehead atoms. The van der Waals surface area contributed by atoms with Crippen LogP contribution in [-0.2, 0) is 6.54 Å². The molecule has 2 aromatic carbocycles. The summed E-state index contributed by atoms with van der Waals surface area (Å²) < 4.78 is 10.9. The van der Waals surface area contributed by atoms with Crippen LogP contribution in [0.25, 0.3) is 0 Å². The number of likely N-dealkylation sites (tertiary alicyclic amines) is 1. The lowest BCUT2D eigenvalue weighted by Gasteiger charge is -2.38. The third kappa shape index (κ3) is 4.92. The van der Waals surface area contributed by atoms with Gasteiger partial charge in [-0.15, -0.1) is 11.3 Å². The van der Waals surface area contributed by atoms with Crippen LogP contribution >= 0.6 is 11.3 Å². The smallest absolute Gasteiger partial charge is 0.258 e. The standard InChI is InChI=1S/C25H28N2O3S/c1-29-23-11-10-21(17-24(23)30-2)27(25(28)19-7-4-3-5-8-19)20-12-14-26(15-13-20)18-22-9-6-16-31-22/h3-11,16-17,20H,12-15,18H2,1-2H3. The Kier molecular flexibility index (Phi) is 6.89. The van der Waals surface area contributed by atoms with Crippen molar-refractivity contribution in [2.24, 2.45) is 0 Å². The van der Waals surface area contributed by atoms with Crippen LogP contribution < -0.4 is 14.4 Å². The lowest BCUT2D eigenvalue weighted by molar-refractivity contribution is 0.0958. The zero-order valence-corrected chi connectivity index (χ0v) is 18.8. The van der Waals surface area contributed by atoms with E-state index in [0.29, 0.717) is 17.1 Å². The highest BCUT2D eigenvalue weighted by atomic mass is 32.1. The van der Waals surface area contributed by atoms with Gasteiger partial charge in [-0.05, 0) is 48.6 Å². The molecule has 6 heteroatoms. The van der Waals surface area contributed by atoms with Crippen LogP contribution in [0.2, 0.25) is 0 Å². The van der Waals surface area contributed by atoms with Crippen molar-refractivity contribution < 1.29 is 14.3 Å². The van der Waals surface area contributed by atoms with Crippen LogP contribution in [0.4, 0.5) is 5.69 Å². The van der Waals surface area contributed by atoms with Crippen molar-refractivity contribution in [2.45, 2.75) is 25.4 Å². The Hall–Kier alpha value is -2.83. The van der Waals surface area contributed by atoms with Crippen LogP contribution in [0.15, 0.2) is 66.0 Å². The summed E-state index contributed by atoms with van der Waals surface area (Å²) in [4.78, 5) is 19.4. The molecule has 0 radical (unpaired) electrons. The summed E-state index contributed by atoms with van der Waals surface area (Å²) in [6.45, 7) is 2.91. The number of anilines is 1. The van der Waals surface area contributed by atoms with Crippen molar-refractivity contribution in [3.8, 4) is 11.5 Å². The first-order valence-corrected chi connectivity index (χ1v) is 11.4. The van der Waals surface area contributed by atoms with Crippen molar-refractivity contribution in [1.29, 1.82) is 0 Å². The Bertz CT molecular complexity index is 983. The van der Waals surface area contributed by atoms with Gasteiger partial charge in [-0.2, -0.15) is 0 Å². The Morgan fingerprint density at radius 1 is 1.00 bits per heavy atom. The van der Waals surface area contributed by atoms with E-state index in [1.165, 1.54) is 4.88 Å². The Balaban J connectivity index is 1.58. The van der Waals surface area contributed by atoms with Gasteiger partial charge in [0.2, 0.25) is 0 Å². The summed E-state index contributed by atoms with van der Waals surface area (Å²) >= 11 is 1.80. The molecule has 0 N–H and O–H groups in total. The fourth-order valence-corrected chi connectivity index (χ4v) is 4.89. The first-order valence-electron chi connectivity index (χ1n) is 10.5. The van der Waals surface area contributed by atoms with Crippen LogP contribution in [0, 0.1) is 0 Å². The van der Waals surface area contributed by atoms with Crippen molar-refractivity contribution >= 4 is 22.9 Å². The molecule has 2 heterocycles. The van der Waals surface area contributed by atoms with Gasteiger partial charge in [0.25, 0.3) is 5.91 Å². The van der Waals surface area contributed by atoms with Gasteiger partial charge in [0, 0.05) is 47.9 Å². The van der Waals surface area contributed by atoms with Crippen molar-refractivity contribution in [3.63, 3.8) is 0 Å². The Labute approximate surface area is 187 Å². The summed E-state index contributed by atoms with van der Waals surface area (Å²) in [5.41, 5.74) is 1.53. The summed E-state index contributed by atoms with van der Waals surface area (Å²) in [6, 6.07) is 19.6. The third-order valence-corrected chi connectivity index (χ3v) is 6.63. The number of hydrogen-bond donors (Lipinski definition) is 0. The highest BCUT2D eigenvalue weighted by molar-refractivity contribution is 7.09. The molecule has 5 nitrogen and oxygen atoms in total. The molecule has 1 aliphatic rings. The molecule has 162 valence electrons. The van der Waals surface area contributed by atoms with Gasteiger partial charge in [-0.25, -0.2) is 0 Å². The average molecular weight is 437 g/mol. The van der Waals surface area contributed by atoms with Crippen molar-refractivity contribution in [1.82, 2.24) is 4.90 Å². The molecule has 0 atom stereocenters. The van der Waals surface area contributed by atoms with E-state index in [4.69, 9.17) is 9.47 Å². The van der Waals surface area contributed by atoms with E-state index in [2.05, 4.69) is 22.4 Å². The normalized spacial score (nSPS) is 14.9. The summed E-state index contributed by atoms with van der Waals surface area (Å²) in [5, 5.41) is 2.12. The lowest BCUT2D eigenvalue weighted by Crippen LogP contribution is -2.47. The Morgan fingerprint density at radius 3 is 2.39 bits per heavy atom. The molecule has 0 spiro atoms. The van der Waals surface area contributed by atoms with Gasteiger partial charge in [0.1, 0.15) is 0 Å². The number of nitrogens with zero attached hydrogens (tertiary/aromatic N) is 2. The number of benzene rings is 2. The molecule has 1 fully saturated rings. The molecule has 4 rings (SSSR count). The molecule has 0 unspecified atom stereocenters. The number of ether oxygens (including phenoxy) is 2. The molecule has 31 heavy (non-hydrogen) atoms. The van der Waals surface area contributed by atoms with E-state index in [0.717, 1.165) is 38.2 Å². The maximum atomic E-state index is 13.6. The predicted octanol–water partition coefficient (Wildman–Crippen LogP) is 5.08. The van der Waals surface area contributed by atoms with Gasteiger partial charge in [-0.1, -0.05) is 24.3 Å². The molecule has 0 aliphatic carbocycles. The van der Waals surface area contributed by atoms with E-state index in [-0.39, 0.29) is 11.9 Å². The van der Waals surface area contributed by atoms with E-state index in [1.807, 2.05) is 53.4 Å². The molecule has 0 saturated carbocycles. The third-order valence-electron chi connectivity index (χ3n) is 5.77. The van der Waals surface area contributed by atoms with E-state index in [1.54, 1.807) is 25.6 Å². The number of carbonyl (C=O) groups is 1. The zero-order chi connectivity index (χ0) is 21.6. The van der Waals surface area contributed by atoms with Gasteiger partial charge in [-0.3, -0.25) is 9.69 Å². The fraction of sp³-hybridized carbons (Fsp3) is 0.320. The molecule has 1 aliphatic heterocycles. The minimum absolute atomic E-state index is 0.0181. The number of carbonyl (C=O) groups excluding carboxylic acids is 1. The van der Waals surface area contributed by atoms with Crippen molar-refractivity contribution in [2.75, 3.05) is 32.2 Å². The van der Waals surface area contributed by atoms with Gasteiger partial charge in [0.15, 0.2) is 11.5 Å². The van der Waals surface area contributed by atoms with Crippen LogP contribution in [0.5, 0.6) is 11.5 Å². The summed E-state index contributed by atoms with van der Waals surface area (Å²) in [6.07, 6.45) is 1.86. The van der Waals surface area contributed by atoms with Gasteiger partial charge >= 0.3 is 0 Å². The predicted molar refractivity (Wildman–Crippen MR) is 125 cm³/mol. The molecular weight excluding hydrogens is 408 g/mol. The van der Waals surface area contributed by atoms with Crippen LogP contribution in [0.3, 0.4) is 0 Å². The maximum Gasteiger partial charge on any atom is 0.258 e. The SMILES string of the molecule is COc1ccc(N(C(=O)c2ccccc2)C2CCN(Cc3cccs3)CC2)cc1OC. The summed E-state index contributed by atoms with van der Waals surface area (Å²) in [7, 11) is 3.24. The second-order valence-electron chi connectivity index (χ2n) is 7.67. The maximum absolute atomic E-state index is 13.6. The van der Waals surface area contributed by atoms with Crippen molar-refractivity contribution in [3.05, 3.63) is 76.5 Å². The van der Waals surface area contributed by atoms with Crippen LogP contribution in [-0.4, -0.2) is 44.2 Å². The molecule has 1 saturated heterocycles. The zero-order valence-electron chi connectivity index (χ0n) is 18.0. The largest absolute Gasteiger partial charge is 0.493 e. The summed E-state index contributed by atoms with van der Waals surface area (Å²) in [5.74, 6) is 1.30. The quantitative estimate of drug-likeness (QED) is 0.518. The number of rotatable bonds is 7. The van der Waals surface area contributed by atoms with Gasteiger partial charge in [0.05, 0.1) is 14.2 Å². The minimum Gasteiger partial charge on any atom is -0.493 e. The number of methoxy groups -OCH3 is 2. The second-order valence-corrected chi connectivity index (χ2v) is 8.70. The van der Waals surface area contributed by atoms with E-state index < -0.39 is 0 Å². The van der Waals surface area contributed by atoms with E-state index in [9.17, 15) is 4.79 Å². The lowest BCUT2D eigenvalue weighted by atomic mass is 10.0. The fourth-order valence-electron chi connectivity index (χ4n) is 4.15. The van der Waals surface area contributed by atoms with Crippen LogP contribution in [0.1, 0.15) is 28.1 Å². The van der Waals surface area contributed by atoms with E-state index >= 15 is 0 Å². The molecular formula is C25H28N2O3S. The number of piperidine rings is 1.